The first-order valence-corrected chi connectivity index (χ1v) is 6.59. The second-order valence-corrected chi connectivity index (χ2v) is 5.05. The molecule has 0 unspecified atom stereocenters. The van der Waals surface area contributed by atoms with Gasteiger partial charge in [-0.2, -0.15) is 0 Å². The zero-order valence-electron chi connectivity index (χ0n) is 12.3. The maximum Gasteiger partial charge on any atom is 0.205 e. The molecule has 0 fully saturated rings. The molecular formula is C17H18N2O2. The zero-order valence-corrected chi connectivity index (χ0v) is 12.3. The Morgan fingerprint density at radius 1 is 0.905 bits per heavy atom. The molecule has 0 aliphatic heterocycles. The van der Waals surface area contributed by atoms with E-state index in [0.717, 1.165) is 0 Å². The molecule has 2 rings (SSSR count). The van der Waals surface area contributed by atoms with Crippen LogP contribution in [0.1, 0.15) is 27.4 Å². The molecule has 0 atom stereocenters. The van der Waals surface area contributed by atoms with Crippen LogP contribution in [0.25, 0.3) is 0 Å². The number of allylic oxidation sites excluding steroid dienone is 2. The first-order valence-electron chi connectivity index (χ1n) is 6.59. The van der Waals surface area contributed by atoms with Gasteiger partial charge >= 0.3 is 0 Å². The maximum atomic E-state index is 12.3. The van der Waals surface area contributed by atoms with E-state index in [0.29, 0.717) is 22.5 Å². The van der Waals surface area contributed by atoms with E-state index in [4.69, 9.17) is 0 Å². The lowest BCUT2D eigenvalue weighted by Crippen LogP contribution is -2.12. The predicted molar refractivity (Wildman–Crippen MR) is 82.4 cm³/mol. The number of nitrogens with zero attached hydrogens (tertiary/aromatic N) is 2. The lowest BCUT2D eigenvalue weighted by atomic mass is 9.98. The van der Waals surface area contributed by atoms with Gasteiger partial charge in [-0.1, -0.05) is 13.2 Å². The van der Waals surface area contributed by atoms with Crippen LogP contribution < -0.4 is 0 Å². The van der Waals surface area contributed by atoms with Crippen LogP contribution in [-0.4, -0.2) is 20.7 Å². The summed E-state index contributed by atoms with van der Waals surface area (Å²) in [6.45, 7) is 7.59. The van der Waals surface area contributed by atoms with Crippen LogP contribution in [0.3, 0.4) is 0 Å². The molecule has 0 N–H and O–H groups in total. The number of aromatic nitrogens is 2. The van der Waals surface area contributed by atoms with Gasteiger partial charge < -0.3 is 9.13 Å². The number of aryl methyl sites for hydroxylation is 2. The highest BCUT2D eigenvalue weighted by Crippen LogP contribution is 2.18. The van der Waals surface area contributed by atoms with Crippen LogP contribution in [0.5, 0.6) is 0 Å². The van der Waals surface area contributed by atoms with Gasteiger partial charge in [0.1, 0.15) is 0 Å². The van der Waals surface area contributed by atoms with E-state index in [-0.39, 0.29) is 18.0 Å². The molecule has 4 heteroatoms. The fourth-order valence-corrected chi connectivity index (χ4v) is 2.17. The van der Waals surface area contributed by atoms with Gasteiger partial charge in [0, 0.05) is 32.9 Å². The summed E-state index contributed by atoms with van der Waals surface area (Å²) in [7, 11) is 3.59. The van der Waals surface area contributed by atoms with Crippen LogP contribution in [0.4, 0.5) is 0 Å². The second-order valence-electron chi connectivity index (χ2n) is 5.05. The van der Waals surface area contributed by atoms with Crippen molar-refractivity contribution in [1.29, 1.82) is 0 Å². The fourth-order valence-electron chi connectivity index (χ4n) is 2.17. The van der Waals surface area contributed by atoms with E-state index in [2.05, 4.69) is 13.2 Å². The molecule has 0 saturated carbocycles. The summed E-state index contributed by atoms with van der Waals surface area (Å²) in [5, 5.41) is 0. The Hall–Kier alpha value is -2.62. The maximum absolute atomic E-state index is 12.3. The Kier molecular flexibility index (Phi) is 4.08. The molecule has 4 nitrogen and oxygen atoms in total. The SMILES string of the molecule is C=C(CC(=C)C(=O)c1cccn1C)C(=O)c1cccn1C. The summed E-state index contributed by atoms with van der Waals surface area (Å²) in [6, 6.07) is 7.06. The van der Waals surface area contributed by atoms with Crippen molar-refractivity contribution in [3.63, 3.8) is 0 Å². The molecule has 0 amide bonds. The summed E-state index contributed by atoms with van der Waals surface area (Å²) in [4.78, 5) is 24.5. The summed E-state index contributed by atoms with van der Waals surface area (Å²) in [5.74, 6) is -0.327. The minimum atomic E-state index is -0.164. The van der Waals surface area contributed by atoms with Crippen molar-refractivity contribution in [2.75, 3.05) is 0 Å². The third kappa shape index (κ3) is 2.94. The van der Waals surface area contributed by atoms with Crippen LogP contribution in [0, 0.1) is 0 Å². The van der Waals surface area contributed by atoms with Crippen molar-refractivity contribution >= 4 is 11.6 Å². The van der Waals surface area contributed by atoms with Crippen molar-refractivity contribution in [3.05, 3.63) is 72.4 Å². The second kappa shape index (κ2) is 5.79. The molecule has 0 aliphatic rings. The molecule has 2 aromatic heterocycles. The molecular weight excluding hydrogens is 264 g/mol. The molecule has 108 valence electrons. The Bertz CT molecular complexity index is 669. The summed E-state index contributed by atoms with van der Waals surface area (Å²) < 4.78 is 3.46. The van der Waals surface area contributed by atoms with Crippen molar-refractivity contribution < 1.29 is 9.59 Å². The number of ketones is 2. The third-order valence-corrected chi connectivity index (χ3v) is 3.42. The van der Waals surface area contributed by atoms with E-state index in [9.17, 15) is 9.59 Å². The van der Waals surface area contributed by atoms with Crippen LogP contribution in [0.15, 0.2) is 61.0 Å². The normalized spacial score (nSPS) is 10.4. The number of carbonyl (C=O) groups is 2. The van der Waals surface area contributed by atoms with Crippen molar-refractivity contribution in [2.24, 2.45) is 14.1 Å². The summed E-state index contributed by atoms with van der Waals surface area (Å²) in [6.07, 6.45) is 3.77. The molecule has 0 radical (unpaired) electrons. The van der Waals surface area contributed by atoms with Gasteiger partial charge in [-0.3, -0.25) is 9.59 Å². The number of hydrogen-bond acceptors (Lipinski definition) is 2. The highest BCUT2D eigenvalue weighted by molar-refractivity contribution is 6.11. The molecule has 0 saturated heterocycles. The van der Waals surface area contributed by atoms with Crippen LogP contribution >= 0.6 is 0 Å². The molecule has 0 spiro atoms. The van der Waals surface area contributed by atoms with E-state index >= 15 is 0 Å². The molecule has 21 heavy (non-hydrogen) atoms. The Morgan fingerprint density at radius 3 is 1.57 bits per heavy atom. The average Bonchev–Trinajstić information content (AvgIpc) is 3.05. The molecule has 0 bridgehead atoms. The number of Topliss-reactive ketones (excluding diaryl/α,β-unsaturated/α-hetero) is 2. The van der Waals surface area contributed by atoms with Gasteiger partial charge in [0.2, 0.25) is 11.6 Å². The lowest BCUT2D eigenvalue weighted by molar-refractivity contribution is 0.101. The first-order chi connectivity index (χ1) is 9.91. The standard InChI is InChI=1S/C17H18N2O2/c1-12(16(20)14-7-5-9-18(14)3)11-13(2)17(21)15-8-6-10-19(15)4/h5-10H,1-2,11H2,3-4H3. The molecule has 2 aromatic rings. The molecule has 2 heterocycles. The van der Waals surface area contributed by atoms with Gasteiger partial charge in [-0.05, 0) is 35.4 Å². The van der Waals surface area contributed by atoms with Crippen molar-refractivity contribution in [1.82, 2.24) is 9.13 Å². The first kappa shape index (κ1) is 14.8. The van der Waals surface area contributed by atoms with Gasteiger partial charge in [0.05, 0.1) is 11.4 Å². The number of rotatable bonds is 6. The smallest absolute Gasteiger partial charge is 0.205 e. The molecule has 0 aromatic carbocycles. The van der Waals surface area contributed by atoms with E-state index in [1.807, 2.05) is 0 Å². The van der Waals surface area contributed by atoms with Crippen molar-refractivity contribution in [2.45, 2.75) is 6.42 Å². The number of carbonyl (C=O) groups excluding carboxylic acids is 2. The van der Waals surface area contributed by atoms with Gasteiger partial charge in [-0.15, -0.1) is 0 Å². The zero-order chi connectivity index (χ0) is 15.6. The lowest BCUT2D eigenvalue weighted by Gasteiger charge is -2.09. The molecule has 0 aliphatic carbocycles. The van der Waals surface area contributed by atoms with Crippen LogP contribution in [-0.2, 0) is 14.1 Å². The van der Waals surface area contributed by atoms with Gasteiger partial charge in [-0.25, -0.2) is 0 Å². The average molecular weight is 282 g/mol. The predicted octanol–water partition coefficient (Wildman–Crippen LogP) is 2.93. The van der Waals surface area contributed by atoms with Crippen molar-refractivity contribution in [3.8, 4) is 0 Å². The van der Waals surface area contributed by atoms with E-state index in [1.54, 1.807) is 59.9 Å². The number of hydrogen-bond donors (Lipinski definition) is 0. The minimum absolute atomic E-state index is 0.164. The van der Waals surface area contributed by atoms with Gasteiger partial charge in [0.15, 0.2) is 0 Å². The highest BCUT2D eigenvalue weighted by atomic mass is 16.1. The highest BCUT2D eigenvalue weighted by Gasteiger charge is 2.18. The van der Waals surface area contributed by atoms with Gasteiger partial charge in [0.25, 0.3) is 0 Å². The largest absolute Gasteiger partial charge is 0.348 e. The quantitative estimate of drug-likeness (QED) is 0.604. The summed E-state index contributed by atoms with van der Waals surface area (Å²) >= 11 is 0. The van der Waals surface area contributed by atoms with E-state index in [1.165, 1.54) is 0 Å². The Morgan fingerprint density at radius 2 is 1.29 bits per heavy atom. The van der Waals surface area contributed by atoms with E-state index < -0.39 is 0 Å². The third-order valence-electron chi connectivity index (χ3n) is 3.42. The minimum Gasteiger partial charge on any atom is -0.348 e. The Balaban J connectivity index is 2.08. The fraction of sp³-hybridized carbons (Fsp3) is 0.176. The summed E-state index contributed by atoms with van der Waals surface area (Å²) in [5.41, 5.74) is 1.84. The topological polar surface area (TPSA) is 44.0 Å². The monoisotopic (exact) mass is 282 g/mol. The van der Waals surface area contributed by atoms with Crippen LogP contribution in [0.2, 0.25) is 0 Å². The Labute approximate surface area is 124 Å².